The van der Waals surface area contributed by atoms with Gasteiger partial charge in [0.2, 0.25) is 5.91 Å². The summed E-state index contributed by atoms with van der Waals surface area (Å²) in [4.78, 5) is 16.9. The number of anilines is 1. The monoisotopic (exact) mass is 373 g/mol. The summed E-state index contributed by atoms with van der Waals surface area (Å²) in [5, 5.41) is 3.44. The Hall–Kier alpha value is -0.970. The lowest BCUT2D eigenvalue weighted by Crippen LogP contribution is -2.35. The zero-order valence-electron chi connectivity index (χ0n) is 14.5. The molecule has 1 amide bonds. The Kier molecular flexibility index (Phi) is 8.34. The molecule has 0 aliphatic carbocycles. The van der Waals surface area contributed by atoms with Gasteiger partial charge in [0.15, 0.2) is 0 Å². The van der Waals surface area contributed by atoms with E-state index in [0.29, 0.717) is 18.4 Å². The van der Waals surface area contributed by atoms with Crippen LogP contribution in [0.1, 0.15) is 43.7 Å². The van der Waals surface area contributed by atoms with Crippen LogP contribution in [0.2, 0.25) is 0 Å². The van der Waals surface area contributed by atoms with Crippen LogP contribution in [-0.2, 0) is 4.79 Å². The molecule has 24 heavy (non-hydrogen) atoms. The standard InChI is InChI=1S/C18H27N3O.2ClH/c1-20(2)16-8-3-6-14(12-16)17-9-5-11-21(17)18(22)13-15-7-4-10-19-15;;/h3,6,8,12,15,17,19H,4-5,7,9-11,13H2,1-2H3;2*1H. The smallest absolute Gasteiger partial charge is 0.224 e. The van der Waals surface area contributed by atoms with Crippen molar-refractivity contribution in [2.45, 2.75) is 44.2 Å². The van der Waals surface area contributed by atoms with Crippen LogP contribution < -0.4 is 10.2 Å². The van der Waals surface area contributed by atoms with Crippen molar-refractivity contribution in [2.24, 2.45) is 0 Å². The molecular weight excluding hydrogens is 345 g/mol. The summed E-state index contributed by atoms with van der Waals surface area (Å²) in [7, 11) is 4.12. The van der Waals surface area contributed by atoms with Gasteiger partial charge in [-0.1, -0.05) is 12.1 Å². The lowest BCUT2D eigenvalue weighted by molar-refractivity contribution is -0.132. The molecule has 2 aliphatic heterocycles. The molecule has 0 bridgehead atoms. The summed E-state index contributed by atoms with van der Waals surface area (Å²) in [5.74, 6) is 0.317. The fourth-order valence-corrected chi connectivity index (χ4v) is 3.68. The maximum absolute atomic E-state index is 12.7. The van der Waals surface area contributed by atoms with Gasteiger partial charge in [0, 0.05) is 38.8 Å². The molecule has 6 heteroatoms. The number of halogens is 2. The van der Waals surface area contributed by atoms with Gasteiger partial charge in [-0.25, -0.2) is 0 Å². The molecule has 0 aromatic heterocycles. The summed E-state index contributed by atoms with van der Waals surface area (Å²) < 4.78 is 0. The van der Waals surface area contributed by atoms with Gasteiger partial charge in [0.25, 0.3) is 0 Å². The van der Waals surface area contributed by atoms with Crippen LogP contribution in [-0.4, -0.2) is 44.0 Å². The van der Waals surface area contributed by atoms with E-state index in [4.69, 9.17) is 0 Å². The predicted molar refractivity (Wildman–Crippen MR) is 105 cm³/mol. The SMILES string of the molecule is CN(C)c1cccc(C2CCCN2C(=O)CC2CCCN2)c1.Cl.Cl. The third kappa shape index (κ3) is 4.78. The number of hydrogen-bond acceptors (Lipinski definition) is 3. The number of rotatable bonds is 4. The van der Waals surface area contributed by atoms with E-state index in [9.17, 15) is 4.79 Å². The first-order valence-electron chi connectivity index (χ1n) is 8.45. The molecule has 2 saturated heterocycles. The summed E-state index contributed by atoms with van der Waals surface area (Å²) in [6, 6.07) is 9.26. The van der Waals surface area contributed by atoms with Gasteiger partial charge < -0.3 is 15.1 Å². The van der Waals surface area contributed by atoms with E-state index < -0.39 is 0 Å². The molecule has 2 unspecified atom stereocenters. The number of hydrogen-bond donors (Lipinski definition) is 1. The molecule has 1 N–H and O–H groups in total. The Morgan fingerprint density at radius 2 is 2.04 bits per heavy atom. The van der Waals surface area contributed by atoms with Crippen LogP contribution in [0.5, 0.6) is 0 Å². The molecule has 0 spiro atoms. The molecule has 2 fully saturated rings. The molecule has 0 saturated carbocycles. The average molecular weight is 374 g/mol. The Bertz CT molecular complexity index is 533. The topological polar surface area (TPSA) is 35.6 Å². The van der Waals surface area contributed by atoms with Crippen molar-refractivity contribution < 1.29 is 4.79 Å². The van der Waals surface area contributed by atoms with Crippen LogP contribution >= 0.6 is 24.8 Å². The zero-order valence-corrected chi connectivity index (χ0v) is 16.2. The molecule has 136 valence electrons. The van der Waals surface area contributed by atoms with Gasteiger partial charge in [-0.05, 0) is 49.9 Å². The summed E-state index contributed by atoms with van der Waals surface area (Å²) in [6.45, 7) is 1.97. The van der Waals surface area contributed by atoms with Gasteiger partial charge in [-0.2, -0.15) is 0 Å². The molecule has 2 heterocycles. The number of likely N-dealkylation sites (tertiary alicyclic amines) is 1. The van der Waals surface area contributed by atoms with Crippen molar-refractivity contribution in [3.63, 3.8) is 0 Å². The molecule has 3 rings (SSSR count). The average Bonchev–Trinajstić information content (AvgIpc) is 3.18. The highest BCUT2D eigenvalue weighted by Crippen LogP contribution is 2.34. The second-order valence-corrected chi connectivity index (χ2v) is 6.73. The summed E-state index contributed by atoms with van der Waals surface area (Å²) in [5.41, 5.74) is 2.48. The maximum Gasteiger partial charge on any atom is 0.224 e. The maximum atomic E-state index is 12.7. The highest BCUT2D eigenvalue weighted by atomic mass is 35.5. The molecule has 1 aromatic carbocycles. The Labute approximate surface area is 157 Å². The van der Waals surface area contributed by atoms with E-state index in [1.807, 2.05) is 0 Å². The van der Waals surface area contributed by atoms with E-state index >= 15 is 0 Å². The number of carbonyl (C=O) groups is 1. The Morgan fingerprint density at radius 3 is 2.71 bits per heavy atom. The Balaban J connectivity index is 0.00000144. The minimum absolute atomic E-state index is 0. The third-order valence-electron chi connectivity index (χ3n) is 4.93. The lowest BCUT2D eigenvalue weighted by atomic mass is 10.0. The fraction of sp³-hybridized carbons (Fsp3) is 0.611. The van der Waals surface area contributed by atoms with Crippen molar-refractivity contribution in [3.05, 3.63) is 29.8 Å². The van der Waals surface area contributed by atoms with E-state index in [1.54, 1.807) is 0 Å². The summed E-state index contributed by atoms with van der Waals surface area (Å²) >= 11 is 0. The van der Waals surface area contributed by atoms with Crippen LogP contribution in [0, 0.1) is 0 Å². The highest BCUT2D eigenvalue weighted by molar-refractivity contribution is 5.85. The van der Waals surface area contributed by atoms with Crippen LogP contribution in [0.3, 0.4) is 0 Å². The first-order valence-corrected chi connectivity index (χ1v) is 8.45. The molecule has 2 aliphatic rings. The number of carbonyl (C=O) groups excluding carboxylic acids is 1. The zero-order chi connectivity index (χ0) is 15.5. The highest BCUT2D eigenvalue weighted by Gasteiger charge is 2.31. The molecule has 4 nitrogen and oxygen atoms in total. The predicted octanol–water partition coefficient (Wildman–Crippen LogP) is 3.40. The first-order chi connectivity index (χ1) is 10.6. The fourth-order valence-electron chi connectivity index (χ4n) is 3.68. The third-order valence-corrected chi connectivity index (χ3v) is 4.93. The van der Waals surface area contributed by atoms with Crippen LogP contribution in [0.25, 0.3) is 0 Å². The lowest BCUT2D eigenvalue weighted by Gasteiger charge is -2.27. The van der Waals surface area contributed by atoms with Crippen LogP contribution in [0.15, 0.2) is 24.3 Å². The van der Waals surface area contributed by atoms with Gasteiger partial charge in [0.05, 0.1) is 6.04 Å². The van der Waals surface area contributed by atoms with E-state index in [2.05, 4.69) is 53.5 Å². The van der Waals surface area contributed by atoms with Gasteiger partial charge >= 0.3 is 0 Å². The van der Waals surface area contributed by atoms with Crippen LogP contribution in [0.4, 0.5) is 5.69 Å². The van der Waals surface area contributed by atoms with Crippen molar-refractivity contribution in [1.29, 1.82) is 0 Å². The Morgan fingerprint density at radius 1 is 1.25 bits per heavy atom. The van der Waals surface area contributed by atoms with E-state index in [1.165, 1.54) is 17.7 Å². The number of benzene rings is 1. The number of amides is 1. The molecule has 0 radical (unpaired) electrons. The normalized spacial score (nSPS) is 22.7. The summed E-state index contributed by atoms with van der Waals surface area (Å²) in [6.07, 6.45) is 5.19. The minimum Gasteiger partial charge on any atom is -0.378 e. The van der Waals surface area contributed by atoms with E-state index in [0.717, 1.165) is 32.4 Å². The number of nitrogens with one attached hydrogen (secondary N) is 1. The molecular formula is C18H29Cl2N3O. The minimum atomic E-state index is 0. The first kappa shape index (κ1) is 21.1. The second-order valence-electron chi connectivity index (χ2n) is 6.73. The largest absolute Gasteiger partial charge is 0.378 e. The van der Waals surface area contributed by atoms with Gasteiger partial charge in [0.1, 0.15) is 0 Å². The van der Waals surface area contributed by atoms with Crippen molar-refractivity contribution >= 4 is 36.4 Å². The molecule has 2 atom stereocenters. The quantitative estimate of drug-likeness (QED) is 0.878. The number of nitrogens with zero attached hydrogens (tertiary/aromatic N) is 2. The molecule has 1 aromatic rings. The van der Waals surface area contributed by atoms with Crippen molar-refractivity contribution in [3.8, 4) is 0 Å². The second kappa shape index (κ2) is 9.50. The van der Waals surface area contributed by atoms with Crippen molar-refractivity contribution in [1.82, 2.24) is 10.2 Å². The van der Waals surface area contributed by atoms with Crippen molar-refractivity contribution in [2.75, 3.05) is 32.1 Å². The van der Waals surface area contributed by atoms with Gasteiger partial charge in [-0.15, -0.1) is 24.8 Å². The van der Waals surface area contributed by atoms with E-state index in [-0.39, 0.29) is 30.9 Å². The van der Waals surface area contributed by atoms with Gasteiger partial charge in [-0.3, -0.25) is 4.79 Å².